The number of fused-ring (bicyclic) bond motifs is 1. The molecule has 2 atom stereocenters. The first-order valence-corrected chi connectivity index (χ1v) is 6.29. The largest absolute Gasteiger partial charge is 0.418 e. The van der Waals surface area contributed by atoms with Crippen molar-refractivity contribution in [1.29, 1.82) is 0 Å². The second kappa shape index (κ2) is 4.35. The van der Waals surface area contributed by atoms with Crippen molar-refractivity contribution in [3.05, 3.63) is 35.9 Å². The maximum absolute atomic E-state index is 11.7. The Morgan fingerprint density at radius 3 is 2.79 bits per heavy atom. The number of carbonyl (C=O) groups is 2. The fraction of sp³-hybridized carbons (Fsp3) is 0.429. The predicted molar refractivity (Wildman–Crippen MR) is 66.2 cm³/mol. The van der Waals surface area contributed by atoms with Crippen LogP contribution in [0.25, 0.3) is 0 Å². The Morgan fingerprint density at radius 1 is 1.37 bits per heavy atom. The molecule has 0 unspecified atom stereocenters. The van der Waals surface area contributed by atoms with Gasteiger partial charge in [0.05, 0.1) is 19.3 Å². The second-order valence-electron chi connectivity index (χ2n) is 5.16. The number of ether oxygens (including phenoxy) is 2. The van der Waals surface area contributed by atoms with Crippen molar-refractivity contribution in [2.24, 2.45) is 0 Å². The highest BCUT2D eigenvalue weighted by Gasteiger charge is 2.57. The molecule has 0 saturated carbocycles. The van der Waals surface area contributed by atoms with E-state index in [-0.39, 0.29) is 6.10 Å². The van der Waals surface area contributed by atoms with Crippen LogP contribution in [-0.4, -0.2) is 35.2 Å². The average Bonchev–Trinajstić information content (AvgIpc) is 2.85. The van der Waals surface area contributed by atoms with Crippen LogP contribution in [0.2, 0.25) is 0 Å². The van der Waals surface area contributed by atoms with Gasteiger partial charge in [-0.25, -0.2) is 9.59 Å². The molecule has 1 aromatic carbocycles. The minimum Gasteiger partial charge on any atom is -0.374 e. The van der Waals surface area contributed by atoms with E-state index in [2.05, 4.69) is 4.74 Å². The number of benzene rings is 1. The zero-order valence-corrected chi connectivity index (χ0v) is 10.7. The van der Waals surface area contributed by atoms with E-state index in [0.717, 1.165) is 5.56 Å². The van der Waals surface area contributed by atoms with Gasteiger partial charge in [0.2, 0.25) is 0 Å². The summed E-state index contributed by atoms with van der Waals surface area (Å²) in [5.74, 6) is -0.469. The van der Waals surface area contributed by atoms with Crippen LogP contribution in [0.4, 0.5) is 4.79 Å². The number of nitrogens with zero attached hydrogens (tertiary/aromatic N) is 1. The molecule has 3 rings (SSSR count). The molecule has 1 aromatic rings. The number of hydrogen-bond donors (Lipinski definition) is 0. The van der Waals surface area contributed by atoms with E-state index in [0.29, 0.717) is 19.6 Å². The van der Waals surface area contributed by atoms with Crippen molar-refractivity contribution >= 4 is 12.1 Å². The molecule has 2 aliphatic heterocycles. The third-order valence-corrected chi connectivity index (χ3v) is 3.78. The Labute approximate surface area is 111 Å². The van der Waals surface area contributed by atoms with Crippen LogP contribution in [0, 0.1) is 0 Å². The Bertz CT molecular complexity index is 515. The summed E-state index contributed by atoms with van der Waals surface area (Å²) in [7, 11) is 0. The Hall–Kier alpha value is -1.88. The summed E-state index contributed by atoms with van der Waals surface area (Å²) in [4.78, 5) is 24.6. The normalized spacial score (nSPS) is 29.5. The van der Waals surface area contributed by atoms with Gasteiger partial charge in [0.1, 0.15) is 5.54 Å². The molecule has 0 aromatic heterocycles. The molecule has 0 radical (unpaired) electrons. The molecule has 2 aliphatic rings. The van der Waals surface area contributed by atoms with Gasteiger partial charge in [-0.1, -0.05) is 30.3 Å². The summed E-state index contributed by atoms with van der Waals surface area (Å²) < 4.78 is 10.4. The van der Waals surface area contributed by atoms with E-state index in [4.69, 9.17) is 4.74 Å². The van der Waals surface area contributed by atoms with Gasteiger partial charge in [-0.15, -0.1) is 0 Å². The van der Waals surface area contributed by atoms with Crippen molar-refractivity contribution < 1.29 is 19.1 Å². The molecule has 1 amide bonds. The zero-order valence-electron chi connectivity index (χ0n) is 10.7. The minimum absolute atomic E-state index is 0.123. The Kier molecular flexibility index (Phi) is 2.78. The molecule has 0 bridgehead atoms. The first-order valence-electron chi connectivity index (χ1n) is 6.29. The molecule has 2 saturated heterocycles. The monoisotopic (exact) mass is 261 g/mol. The molecule has 100 valence electrons. The smallest absolute Gasteiger partial charge is 0.374 e. The standard InChI is InChI=1S/C14H15NO4/c1-14-7-11(8-15(14)13(17)19-12(14)16)18-9-10-5-3-2-4-6-10/h2-6,11H,7-9H2,1H3/t11-,14-/m1/s1. The molecule has 0 aliphatic carbocycles. The predicted octanol–water partition coefficient (Wildman–Crippen LogP) is 1.71. The molecule has 19 heavy (non-hydrogen) atoms. The van der Waals surface area contributed by atoms with Gasteiger partial charge in [0.15, 0.2) is 0 Å². The van der Waals surface area contributed by atoms with Crippen LogP contribution in [-0.2, 0) is 20.9 Å². The first kappa shape index (κ1) is 12.2. The van der Waals surface area contributed by atoms with Crippen molar-refractivity contribution in [2.75, 3.05) is 6.54 Å². The summed E-state index contributed by atoms with van der Waals surface area (Å²) in [5.41, 5.74) is 0.229. The van der Waals surface area contributed by atoms with E-state index < -0.39 is 17.6 Å². The molecule has 0 spiro atoms. The molecule has 5 heteroatoms. The number of rotatable bonds is 3. The second-order valence-corrected chi connectivity index (χ2v) is 5.16. The SMILES string of the molecule is C[C@]12C[C@@H](OCc3ccccc3)CN1C(=O)OC2=O. The van der Waals surface area contributed by atoms with Gasteiger partial charge in [0.25, 0.3) is 0 Å². The van der Waals surface area contributed by atoms with Gasteiger partial charge in [0, 0.05) is 6.42 Å². The summed E-state index contributed by atoms with van der Waals surface area (Å²) in [6.45, 7) is 2.62. The number of amides is 1. The van der Waals surface area contributed by atoms with E-state index in [9.17, 15) is 9.59 Å². The zero-order chi connectivity index (χ0) is 13.5. The molecular weight excluding hydrogens is 246 g/mol. The molecule has 0 N–H and O–H groups in total. The van der Waals surface area contributed by atoms with Crippen molar-refractivity contribution in [2.45, 2.75) is 31.6 Å². The fourth-order valence-corrected chi connectivity index (χ4v) is 2.64. The molecule has 2 fully saturated rings. The summed E-state index contributed by atoms with van der Waals surface area (Å²) in [6.07, 6.45) is -0.190. The van der Waals surface area contributed by atoms with Crippen molar-refractivity contribution in [1.82, 2.24) is 4.90 Å². The quantitative estimate of drug-likeness (QED) is 0.614. The van der Waals surface area contributed by atoms with Crippen LogP contribution < -0.4 is 0 Å². The van der Waals surface area contributed by atoms with Gasteiger partial charge >= 0.3 is 12.1 Å². The van der Waals surface area contributed by atoms with Gasteiger partial charge in [-0.05, 0) is 12.5 Å². The molecule has 5 nitrogen and oxygen atoms in total. The summed E-state index contributed by atoms with van der Waals surface area (Å²) in [6, 6.07) is 9.82. The number of cyclic esters (lactones) is 2. The van der Waals surface area contributed by atoms with Crippen LogP contribution in [0.5, 0.6) is 0 Å². The van der Waals surface area contributed by atoms with E-state index >= 15 is 0 Å². The number of hydrogen-bond acceptors (Lipinski definition) is 4. The van der Waals surface area contributed by atoms with Crippen LogP contribution >= 0.6 is 0 Å². The maximum atomic E-state index is 11.7. The minimum atomic E-state index is -0.849. The lowest BCUT2D eigenvalue weighted by atomic mass is 9.99. The average molecular weight is 261 g/mol. The van der Waals surface area contributed by atoms with Gasteiger partial charge in [-0.2, -0.15) is 0 Å². The third kappa shape index (κ3) is 2.00. The van der Waals surface area contributed by atoms with E-state index in [1.165, 1.54) is 4.90 Å². The Morgan fingerprint density at radius 2 is 2.11 bits per heavy atom. The highest BCUT2D eigenvalue weighted by molar-refractivity contribution is 5.99. The number of esters is 1. The van der Waals surface area contributed by atoms with Crippen LogP contribution in [0.15, 0.2) is 30.3 Å². The highest BCUT2D eigenvalue weighted by Crippen LogP contribution is 2.37. The van der Waals surface area contributed by atoms with Crippen LogP contribution in [0.1, 0.15) is 18.9 Å². The lowest BCUT2D eigenvalue weighted by molar-refractivity contribution is -0.139. The third-order valence-electron chi connectivity index (χ3n) is 3.78. The topological polar surface area (TPSA) is 55.8 Å². The highest BCUT2D eigenvalue weighted by atomic mass is 16.6. The summed E-state index contributed by atoms with van der Waals surface area (Å²) >= 11 is 0. The maximum Gasteiger partial charge on any atom is 0.418 e. The van der Waals surface area contributed by atoms with Crippen molar-refractivity contribution in [3.63, 3.8) is 0 Å². The van der Waals surface area contributed by atoms with Gasteiger partial charge < -0.3 is 9.47 Å². The van der Waals surface area contributed by atoms with Crippen molar-refractivity contribution in [3.8, 4) is 0 Å². The lowest BCUT2D eigenvalue weighted by Crippen LogP contribution is -2.41. The Balaban J connectivity index is 1.64. The van der Waals surface area contributed by atoms with E-state index in [1.807, 2.05) is 30.3 Å². The molecule has 2 heterocycles. The number of carbonyl (C=O) groups excluding carboxylic acids is 2. The van der Waals surface area contributed by atoms with Crippen LogP contribution in [0.3, 0.4) is 0 Å². The first-order chi connectivity index (χ1) is 9.09. The lowest BCUT2D eigenvalue weighted by Gasteiger charge is -2.19. The summed E-state index contributed by atoms with van der Waals surface area (Å²) in [5, 5.41) is 0. The fourth-order valence-electron chi connectivity index (χ4n) is 2.64. The van der Waals surface area contributed by atoms with E-state index in [1.54, 1.807) is 6.92 Å². The molecular formula is C14H15NO4. The van der Waals surface area contributed by atoms with Gasteiger partial charge in [-0.3, -0.25) is 4.90 Å².